The minimum absolute atomic E-state index is 0. The molecule has 5 heteroatoms. The van der Waals surface area contributed by atoms with Crippen molar-refractivity contribution in [2.45, 2.75) is 118 Å². The predicted molar refractivity (Wildman–Crippen MR) is 224 cm³/mol. The zero-order valence-electron chi connectivity index (χ0n) is 33.3. The molecule has 2 aliphatic rings. The summed E-state index contributed by atoms with van der Waals surface area (Å²) in [7, 11) is 0. The van der Waals surface area contributed by atoms with E-state index in [1.54, 1.807) is 5.56 Å². The number of pyridine rings is 2. The second kappa shape index (κ2) is 14.4. The van der Waals surface area contributed by atoms with Gasteiger partial charge >= 0.3 is 0 Å². The molecule has 4 nitrogen and oxygen atoms in total. The van der Waals surface area contributed by atoms with Crippen molar-refractivity contribution in [3.63, 3.8) is 0 Å². The van der Waals surface area contributed by atoms with Gasteiger partial charge in [-0.25, -0.2) is 0 Å². The van der Waals surface area contributed by atoms with Gasteiger partial charge in [0.15, 0.2) is 5.78 Å². The Kier molecular flexibility index (Phi) is 10.2. The third kappa shape index (κ3) is 5.88. The molecule has 7 aromatic rings. The van der Waals surface area contributed by atoms with E-state index >= 15 is 0 Å². The number of hydrogen-bond donors (Lipinski definition) is 1. The van der Waals surface area contributed by atoms with E-state index in [2.05, 4.69) is 92.8 Å². The molecule has 0 saturated heterocycles. The number of aliphatic hydroxyl groups is 1. The maximum Gasteiger partial charge on any atom is 0.162 e. The molecule has 0 unspecified atom stereocenters. The molecule has 3 aromatic heterocycles. The number of nitrogens with zero attached hydrogens (tertiary/aromatic N) is 2. The number of benzene rings is 4. The molecule has 0 bridgehead atoms. The SMILES string of the molecule is CC1(C)CCC(c2cc3ccnc4c5[c-]c6ccccc6c6c5n5c7c(cccc7c2c5c34)C6(C)C)CC1.CCC(CC)C(=O)/C=C(\O)C(CC)CC.[Ir]. The first-order valence-corrected chi connectivity index (χ1v) is 20.3. The number of fused-ring (bicyclic) bond motifs is 4. The summed E-state index contributed by atoms with van der Waals surface area (Å²) >= 11 is 0. The van der Waals surface area contributed by atoms with Crippen LogP contribution in [0.25, 0.3) is 59.8 Å². The molecule has 4 heterocycles. The van der Waals surface area contributed by atoms with Gasteiger partial charge in [0.1, 0.15) is 0 Å². The van der Waals surface area contributed by atoms with Crippen LogP contribution in [0.3, 0.4) is 0 Å². The van der Waals surface area contributed by atoms with Crippen LogP contribution in [0.1, 0.15) is 129 Å². The molecule has 1 aliphatic carbocycles. The van der Waals surface area contributed by atoms with Gasteiger partial charge in [-0.1, -0.05) is 114 Å². The van der Waals surface area contributed by atoms with E-state index in [4.69, 9.17) is 4.98 Å². The van der Waals surface area contributed by atoms with Gasteiger partial charge in [0.05, 0.1) is 11.3 Å². The molecule has 283 valence electrons. The molecule has 54 heavy (non-hydrogen) atoms. The van der Waals surface area contributed by atoms with E-state index in [9.17, 15) is 9.90 Å². The van der Waals surface area contributed by atoms with E-state index in [0.29, 0.717) is 11.3 Å². The van der Waals surface area contributed by atoms with Crippen LogP contribution in [0.4, 0.5) is 0 Å². The molecular formula is C49H55IrN2O2-. The largest absolute Gasteiger partial charge is 0.512 e. The summed E-state index contributed by atoms with van der Waals surface area (Å²) in [4.78, 5) is 16.8. The normalized spacial score (nSPS) is 16.8. The van der Waals surface area contributed by atoms with Crippen molar-refractivity contribution in [1.82, 2.24) is 9.38 Å². The number of allylic oxidation sites excluding steroid dienone is 2. The molecule has 4 aromatic carbocycles. The van der Waals surface area contributed by atoms with Gasteiger partial charge in [-0.05, 0) is 96.2 Å². The van der Waals surface area contributed by atoms with E-state index in [1.807, 2.05) is 33.9 Å². The monoisotopic (exact) mass is 896 g/mol. The van der Waals surface area contributed by atoms with E-state index in [0.717, 1.165) is 36.6 Å². The Morgan fingerprint density at radius 3 is 2.22 bits per heavy atom. The number of rotatable bonds is 8. The third-order valence-corrected chi connectivity index (χ3v) is 13.4. The second-order valence-corrected chi connectivity index (χ2v) is 17.3. The summed E-state index contributed by atoms with van der Waals surface area (Å²) in [5.74, 6) is 1.15. The number of carbonyl (C=O) groups is 1. The first-order chi connectivity index (χ1) is 25.4. The van der Waals surface area contributed by atoms with E-state index in [1.165, 1.54) is 91.8 Å². The molecular weight excluding hydrogens is 841 g/mol. The van der Waals surface area contributed by atoms with Gasteiger partial charge in [-0.2, -0.15) is 0 Å². The van der Waals surface area contributed by atoms with Crippen molar-refractivity contribution in [3.8, 4) is 0 Å². The zero-order chi connectivity index (χ0) is 37.4. The van der Waals surface area contributed by atoms with Crippen molar-refractivity contribution >= 4 is 65.6 Å². The van der Waals surface area contributed by atoms with Gasteiger partial charge < -0.3 is 9.51 Å². The molecule has 1 radical (unpaired) electrons. The minimum Gasteiger partial charge on any atom is -0.512 e. The molecule has 9 rings (SSSR count). The maximum atomic E-state index is 11.7. The summed E-state index contributed by atoms with van der Waals surface area (Å²) in [5, 5.41) is 18.9. The van der Waals surface area contributed by atoms with Crippen LogP contribution in [-0.4, -0.2) is 20.3 Å². The quantitative estimate of drug-likeness (QED) is 0.0544. The van der Waals surface area contributed by atoms with Gasteiger partial charge in [0.2, 0.25) is 0 Å². The molecule has 1 fully saturated rings. The van der Waals surface area contributed by atoms with Crippen LogP contribution >= 0.6 is 0 Å². The van der Waals surface area contributed by atoms with Crippen molar-refractivity contribution < 1.29 is 30.0 Å². The Balaban J connectivity index is 0.000000243. The first kappa shape index (κ1) is 38.5. The van der Waals surface area contributed by atoms with Crippen LogP contribution in [0, 0.1) is 23.3 Å². The average Bonchev–Trinajstić information content (AvgIpc) is 3.50. The Labute approximate surface area is 334 Å². The number of aromatic nitrogens is 2. The van der Waals surface area contributed by atoms with E-state index in [-0.39, 0.29) is 48.9 Å². The number of para-hydroxylation sites is 1. The fourth-order valence-electron chi connectivity index (χ4n) is 10.1. The Morgan fingerprint density at radius 2 is 1.54 bits per heavy atom. The number of carbonyl (C=O) groups excluding carboxylic acids is 1. The fraction of sp³-hybridized carbons (Fsp3) is 0.429. The summed E-state index contributed by atoms with van der Waals surface area (Å²) in [6.07, 6.45) is 12.1. The minimum atomic E-state index is -0.136. The smallest absolute Gasteiger partial charge is 0.162 e. The summed E-state index contributed by atoms with van der Waals surface area (Å²) < 4.78 is 2.63. The first-order valence-electron chi connectivity index (χ1n) is 20.3. The van der Waals surface area contributed by atoms with Crippen molar-refractivity contribution in [1.29, 1.82) is 0 Å². The molecule has 0 atom stereocenters. The average molecular weight is 896 g/mol. The van der Waals surface area contributed by atoms with Crippen LogP contribution < -0.4 is 0 Å². The van der Waals surface area contributed by atoms with Gasteiger partial charge in [-0.15, -0.1) is 17.5 Å². The standard InChI is InChI=1S/C36H31N2.C13H24O2.Ir/c1-35(2)15-12-20(13-16-35)25-19-22-14-17-37-31-26-18-21-8-5-6-9-23(21)30-33(26)38-32-24(29(25)34(38)28(22)31)10-7-11-27(32)36(30,3)4;1-5-10(6-2)12(14)9-13(15)11(7-3)8-4;/h5-11,14,17,19-20H,12-13,15-16H2,1-4H3;9-11,14H,5-8H2,1-4H3;/q-1;;/b;12-9-;. The number of hydrogen-bond acceptors (Lipinski definition) is 3. The van der Waals surface area contributed by atoms with Gasteiger partial charge in [-0.3, -0.25) is 9.78 Å². The van der Waals surface area contributed by atoms with Gasteiger partial charge in [0, 0.05) is 71.4 Å². The summed E-state index contributed by atoms with van der Waals surface area (Å²) in [5.41, 5.74) is 9.88. The maximum absolute atomic E-state index is 11.7. The zero-order valence-corrected chi connectivity index (χ0v) is 35.7. The molecule has 1 aliphatic heterocycles. The molecule has 0 amide bonds. The van der Waals surface area contributed by atoms with E-state index < -0.39 is 0 Å². The van der Waals surface area contributed by atoms with Crippen LogP contribution in [0.2, 0.25) is 0 Å². The number of ketones is 1. The summed E-state index contributed by atoms with van der Waals surface area (Å²) in [6, 6.07) is 24.5. The van der Waals surface area contributed by atoms with Crippen molar-refractivity contribution in [2.24, 2.45) is 17.3 Å². The Morgan fingerprint density at radius 1 is 0.870 bits per heavy atom. The summed E-state index contributed by atoms with van der Waals surface area (Å²) in [6.45, 7) is 17.8. The molecule has 0 spiro atoms. The van der Waals surface area contributed by atoms with Crippen molar-refractivity contribution in [2.75, 3.05) is 0 Å². The topological polar surface area (TPSA) is 54.6 Å². The van der Waals surface area contributed by atoms with Crippen LogP contribution in [0.5, 0.6) is 0 Å². The van der Waals surface area contributed by atoms with Gasteiger partial charge in [0.25, 0.3) is 0 Å². The molecule has 1 N–H and O–H groups in total. The fourth-order valence-corrected chi connectivity index (χ4v) is 10.1. The predicted octanol–water partition coefficient (Wildman–Crippen LogP) is 13.5. The second-order valence-electron chi connectivity index (χ2n) is 17.3. The molecule has 1 saturated carbocycles. The van der Waals surface area contributed by atoms with Crippen molar-refractivity contribution in [3.05, 3.63) is 95.4 Å². The Bertz CT molecular complexity index is 2560. The Hall–Kier alpha value is -3.79. The number of aliphatic hydroxyl groups excluding tert-OH is 1. The third-order valence-electron chi connectivity index (χ3n) is 13.4. The van der Waals surface area contributed by atoms with Crippen LogP contribution in [0.15, 0.2) is 72.6 Å². The van der Waals surface area contributed by atoms with Crippen LogP contribution in [-0.2, 0) is 30.3 Å².